The maximum absolute atomic E-state index is 11.3. The predicted molar refractivity (Wildman–Crippen MR) is 70.3 cm³/mol. The first-order valence-electron chi connectivity index (χ1n) is 5.58. The average molecular weight is 281 g/mol. The summed E-state index contributed by atoms with van der Waals surface area (Å²) in [4.78, 5) is 15.1. The van der Waals surface area contributed by atoms with Gasteiger partial charge in [0.05, 0.1) is 12.8 Å². The van der Waals surface area contributed by atoms with E-state index in [0.29, 0.717) is 10.7 Å². The second-order valence-electron chi connectivity index (χ2n) is 4.00. The van der Waals surface area contributed by atoms with E-state index in [1.54, 1.807) is 12.1 Å². The Kier molecular flexibility index (Phi) is 3.82. The Morgan fingerprint density at radius 3 is 2.84 bits per heavy atom. The standard InChI is InChI=1S/C12H13ClN4O2/c1-7(14)9-4-3-8(5-10(9)13)17-6-15-11(16-17)12(18)19-2/h3-7H,14H2,1-2H3. The Labute approximate surface area is 115 Å². The van der Waals surface area contributed by atoms with Crippen LogP contribution in [0, 0.1) is 0 Å². The first kappa shape index (κ1) is 13.5. The lowest BCUT2D eigenvalue weighted by atomic mass is 10.1. The number of aromatic nitrogens is 3. The van der Waals surface area contributed by atoms with Crippen LogP contribution in [0.4, 0.5) is 0 Å². The van der Waals surface area contributed by atoms with E-state index in [1.807, 2.05) is 13.0 Å². The number of ether oxygens (including phenoxy) is 1. The Morgan fingerprint density at radius 2 is 2.26 bits per heavy atom. The van der Waals surface area contributed by atoms with Gasteiger partial charge in [0.1, 0.15) is 6.33 Å². The van der Waals surface area contributed by atoms with Gasteiger partial charge in [-0.2, -0.15) is 0 Å². The summed E-state index contributed by atoms with van der Waals surface area (Å²) in [7, 11) is 1.28. The summed E-state index contributed by atoms with van der Waals surface area (Å²) < 4.78 is 5.99. The van der Waals surface area contributed by atoms with Crippen molar-refractivity contribution in [2.24, 2.45) is 5.73 Å². The molecule has 1 aromatic heterocycles. The first-order valence-corrected chi connectivity index (χ1v) is 5.96. The molecule has 0 radical (unpaired) electrons. The lowest BCUT2D eigenvalue weighted by molar-refractivity contribution is 0.0587. The van der Waals surface area contributed by atoms with Gasteiger partial charge < -0.3 is 10.5 Å². The number of methoxy groups -OCH3 is 1. The normalized spacial score (nSPS) is 12.2. The lowest BCUT2D eigenvalue weighted by Gasteiger charge is -2.09. The van der Waals surface area contributed by atoms with Crippen molar-refractivity contribution >= 4 is 17.6 Å². The molecular formula is C12H13ClN4O2. The van der Waals surface area contributed by atoms with Crippen LogP contribution in [0.3, 0.4) is 0 Å². The van der Waals surface area contributed by atoms with E-state index in [4.69, 9.17) is 17.3 Å². The fourth-order valence-electron chi connectivity index (χ4n) is 1.60. The number of carbonyl (C=O) groups is 1. The molecule has 6 nitrogen and oxygen atoms in total. The molecule has 1 unspecified atom stereocenters. The lowest BCUT2D eigenvalue weighted by Crippen LogP contribution is -2.07. The molecule has 2 rings (SSSR count). The van der Waals surface area contributed by atoms with Crippen molar-refractivity contribution in [3.8, 4) is 5.69 Å². The van der Waals surface area contributed by atoms with Gasteiger partial charge in [-0.25, -0.2) is 14.5 Å². The highest BCUT2D eigenvalue weighted by atomic mass is 35.5. The quantitative estimate of drug-likeness (QED) is 0.866. The molecule has 0 fully saturated rings. The second kappa shape index (κ2) is 5.38. The van der Waals surface area contributed by atoms with E-state index >= 15 is 0 Å². The molecular weight excluding hydrogens is 268 g/mol. The number of halogens is 1. The minimum Gasteiger partial charge on any atom is -0.463 e. The minimum absolute atomic E-state index is 0.00473. The zero-order valence-corrected chi connectivity index (χ0v) is 11.3. The molecule has 0 saturated heterocycles. The van der Waals surface area contributed by atoms with Crippen molar-refractivity contribution in [3.63, 3.8) is 0 Å². The average Bonchev–Trinajstić information content (AvgIpc) is 2.86. The zero-order chi connectivity index (χ0) is 14.0. The maximum atomic E-state index is 11.3. The number of nitrogens with two attached hydrogens (primary N) is 1. The van der Waals surface area contributed by atoms with Crippen LogP contribution in [0.2, 0.25) is 5.02 Å². The molecule has 0 spiro atoms. The SMILES string of the molecule is COC(=O)c1ncn(-c2ccc(C(C)N)c(Cl)c2)n1. The Balaban J connectivity index is 2.35. The second-order valence-corrected chi connectivity index (χ2v) is 4.41. The highest BCUT2D eigenvalue weighted by Crippen LogP contribution is 2.24. The van der Waals surface area contributed by atoms with Crippen LogP contribution in [0.15, 0.2) is 24.5 Å². The fraction of sp³-hybridized carbons (Fsp3) is 0.250. The third-order valence-electron chi connectivity index (χ3n) is 2.60. The first-order chi connectivity index (χ1) is 9.02. The topological polar surface area (TPSA) is 83.0 Å². The summed E-state index contributed by atoms with van der Waals surface area (Å²) >= 11 is 6.14. The zero-order valence-electron chi connectivity index (χ0n) is 10.5. The monoisotopic (exact) mass is 280 g/mol. The Bertz CT molecular complexity index is 610. The van der Waals surface area contributed by atoms with Crippen LogP contribution in [0.25, 0.3) is 5.69 Å². The van der Waals surface area contributed by atoms with E-state index < -0.39 is 5.97 Å². The molecule has 0 aliphatic rings. The van der Waals surface area contributed by atoms with Crippen molar-refractivity contribution in [1.29, 1.82) is 0 Å². The van der Waals surface area contributed by atoms with Crippen molar-refractivity contribution in [3.05, 3.63) is 40.9 Å². The molecule has 1 heterocycles. The minimum atomic E-state index is -0.586. The van der Waals surface area contributed by atoms with Crippen LogP contribution in [-0.4, -0.2) is 27.8 Å². The van der Waals surface area contributed by atoms with E-state index in [-0.39, 0.29) is 11.9 Å². The molecule has 0 aliphatic heterocycles. The molecule has 0 bridgehead atoms. The maximum Gasteiger partial charge on any atom is 0.377 e. The summed E-state index contributed by atoms with van der Waals surface area (Å²) in [6.07, 6.45) is 1.42. The van der Waals surface area contributed by atoms with Crippen molar-refractivity contribution < 1.29 is 9.53 Å². The molecule has 0 aliphatic carbocycles. The van der Waals surface area contributed by atoms with Crippen LogP contribution in [-0.2, 0) is 4.74 Å². The molecule has 1 atom stereocenters. The predicted octanol–water partition coefficient (Wildman–Crippen LogP) is 1.73. The third kappa shape index (κ3) is 2.74. The summed E-state index contributed by atoms with van der Waals surface area (Å²) in [6.45, 7) is 1.85. The molecule has 0 saturated carbocycles. The van der Waals surface area contributed by atoms with Gasteiger partial charge in [0.15, 0.2) is 0 Å². The largest absolute Gasteiger partial charge is 0.463 e. The number of esters is 1. The molecule has 0 amide bonds. The van der Waals surface area contributed by atoms with Gasteiger partial charge in [-0.1, -0.05) is 17.7 Å². The molecule has 7 heteroatoms. The van der Waals surface area contributed by atoms with Gasteiger partial charge in [-0.05, 0) is 24.6 Å². The highest BCUT2D eigenvalue weighted by molar-refractivity contribution is 6.31. The van der Waals surface area contributed by atoms with Crippen molar-refractivity contribution in [2.75, 3.05) is 7.11 Å². The third-order valence-corrected chi connectivity index (χ3v) is 2.93. The molecule has 2 N–H and O–H groups in total. The van der Waals surface area contributed by atoms with Crippen LogP contribution >= 0.6 is 11.6 Å². The molecule has 100 valence electrons. The number of hydrogen-bond donors (Lipinski definition) is 1. The van der Waals surface area contributed by atoms with Crippen LogP contribution in [0.5, 0.6) is 0 Å². The number of rotatable bonds is 3. The van der Waals surface area contributed by atoms with Gasteiger partial charge in [-0.15, -0.1) is 5.10 Å². The smallest absolute Gasteiger partial charge is 0.377 e. The summed E-state index contributed by atoms with van der Waals surface area (Å²) in [5.41, 5.74) is 7.32. The number of carbonyl (C=O) groups excluding carboxylic acids is 1. The van der Waals surface area contributed by atoms with Crippen molar-refractivity contribution in [1.82, 2.24) is 14.8 Å². The van der Waals surface area contributed by atoms with Crippen LogP contribution < -0.4 is 5.73 Å². The van der Waals surface area contributed by atoms with E-state index in [1.165, 1.54) is 18.1 Å². The van der Waals surface area contributed by atoms with E-state index in [9.17, 15) is 4.79 Å². The van der Waals surface area contributed by atoms with Gasteiger partial charge in [0.2, 0.25) is 0 Å². The van der Waals surface area contributed by atoms with Gasteiger partial charge in [0.25, 0.3) is 5.82 Å². The van der Waals surface area contributed by atoms with Crippen molar-refractivity contribution in [2.45, 2.75) is 13.0 Å². The van der Waals surface area contributed by atoms with Gasteiger partial charge in [0, 0.05) is 11.1 Å². The summed E-state index contributed by atoms with van der Waals surface area (Å²) in [5, 5.41) is 4.55. The van der Waals surface area contributed by atoms with E-state index in [2.05, 4.69) is 14.8 Å². The highest BCUT2D eigenvalue weighted by Gasteiger charge is 2.13. The number of nitrogens with zero attached hydrogens (tertiary/aromatic N) is 3. The van der Waals surface area contributed by atoms with Gasteiger partial charge in [-0.3, -0.25) is 0 Å². The van der Waals surface area contributed by atoms with E-state index in [0.717, 1.165) is 5.56 Å². The Hall–Kier alpha value is -1.92. The Morgan fingerprint density at radius 1 is 1.53 bits per heavy atom. The summed E-state index contributed by atoms with van der Waals surface area (Å²) in [5.74, 6) is -0.591. The number of benzene rings is 1. The molecule has 2 aromatic rings. The summed E-state index contributed by atoms with van der Waals surface area (Å²) in [6, 6.07) is 5.20. The fourth-order valence-corrected chi connectivity index (χ4v) is 1.95. The number of hydrogen-bond acceptors (Lipinski definition) is 5. The van der Waals surface area contributed by atoms with Crippen LogP contribution in [0.1, 0.15) is 29.1 Å². The molecule has 1 aromatic carbocycles. The molecule has 19 heavy (non-hydrogen) atoms. The van der Waals surface area contributed by atoms with Gasteiger partial charge >= 0.3 is 5.97 Å².